The Kier molecular flexibility index (Phi) is 6.07. The number of allylic oxidation sites excluding steroid dienone is 1. The van der Waals surface area contributed by atoms with Gasteiger partial charge in [0.15, 0.2) is 9.84 Å². The number of hydrogen-bond acceptors (Lipinski definition) is 4. The van der Waals surface area contributed by atoms with Gasteiger partial charge in [-0.25, -0.2) is 12.8 Å². The quantitative estimate of drug-likeness (QED) is 0.687. The molecule has 0 unspecified atom stereocenters. The molecule has 130 valence electrons. The summed E-state index contributed by atoms with van der Waals surface area (Å²) >= 11 is 11.8. The maximum Gasteiger partial charge on any atom is 0.192 e. The van der Waals surface area contributed by atoms with Gasteiger partial charge in [0.2, 0.25) is 0 Å². The lowest BCUT2D eigenvalue weighted by Crippen LogP contribution is -2.07. The molecule has 0 amide bonds. The van der Waals surface area contributed by atoms with Gasteiger partial charge in [-0.05, 0) is 35.9 Å². The van der Waals surface area contributed by atoms with Crippen LogP contribution in [0.3, 0.4) is 0 Å². The molecule has 0 bridgehead atoms. The summed E-state index contributed by atoms with van der Waals surface area (Å²) in [5, 5.41) is 9.74. The second-order valence-corrected chi connectivity index (χ2v) is 7.80. The van der Waals surface area contributed by atoms with Crippen molar-refractivity contribution in [1.82, 2.24) is 0 Å². The van der Waals surface area contributed by atoms with Gasteiger partial charge in [-0.15, -0.1) is 0 Å². The smallest absolute Gasteiger partial charge is 0.192 e. The zero-order valence-electron chi connectivity index (χ0n) is 13.0. The standard InChI is InChI=1S/C17H12Cl2FNO3S/c1-24-14-5-3-11(17(20)8-14)6-15(9-21)25(22,23)10-12-2-4-13(18)7-16(12)19/h2-8H,10H2,1H3/b15-6+. The molecule has 2 aromatic carbocycles. The molecular weight excluding hydrogens is 388 g/mol. The summed E-state index contributed by atoms with van der Waals surface area (Å²) in [6.07, 6.45) is 0.980. The van der Waals surface area contributed by atoms with Gasteiger partial charge in [-0.2, -0.15) is 5.26 Å². The van der Waals surface area contributed by atoms with Crippen molar-refractivity contribution in [1.29, 1.82) is 5.26 Å². The third-order valence-corrected chi connectivity index (χ3v) is 5.46. The van der Waals surface area contributed by atoms with E-state index in [0.717, 1.165) is 12.1 Å². The average molecular weight is 400 g/mol. The van der Waals surface area contributed by atoms with E-state index >= 15 is 0 Å². The lowest BCUT2D eigenvalue weighted by Gasteiger charge is -2.07. The number of hydrogen-bond donors (Lipinski definition) is 0. The zero-order valence-corrected chi connectivity index (χ0v) is 15.3. The molecule has 0 saturated carbocycles. The third-order valence-electron chi connectivity index (χ3n) is 3.30. The largest absolute Gasteiger partial charge is 0.497 e. The molecule has 2 rings (SSSR count). The average Bonchev–Trinajstić information content (AvgIpc) is 2.56. The highest BCUT2D eigenvalue weighted by Gasteiger charge is 2.21. The molecule has 0 saturated heterocycles. The van der Waals surface area contributed by atoms with Crippen molar-refractivity contribution in [2.24, 2.45) is 0 Å². The van der Waals surface area contributed by atoms with E-state index in [1.807, 2.05) is 0 Å². The topological polar surface area (TPSA) is 67.2 Å². The van der Waals surface area contributed by atoms with Gasteiger partial charge in [0.25, 0.3) is 0 Å². The molecule has 0 spiro atoms. The molecule has 8 heteroatoms. The van der Waals surface area contributed by atoms with E-state index in [9.17, 15) is 18.1 Å². The van der Waals surface area contributed by atoms with E-state index in [0.29, 0.717) is 10.6 Å². The van der Waals surface area contributed by atoms with Crippen molar-refractivity contribution in [2.75, 3.05) is 7.11 Å². The first-order chi connectivity index (χ1) is 11.8. The Morgan fingerprint density at radius 3 is 2.56 bits per heavy atom. The SMILES string of the molecule is COc1ccc(/C=C(\C#N)S(=O)(=O)Cc2ccc(Cl)cc2Cl)c(F)c1. The molecule has 25 heavy (non-hydrogen) atoms. The van der Waals surface area contributed by atoms with Crippen molar-refractivity contribution in [3.8, 4) is 11.8 Å². The molecule has 0 aromatic heterocycles. The molecule has 0 heterocycles. The van der Waals surface area contributed by atoms with E-state index in [1.54, 1.807) is 6.07 Å². The summed E-state index contributed by atoms with van der Waals surface area (Å²) in [5.74, 6) is -0.920. The normalized spacial score (nSPS) is 11.9. The summed E-state index contributed by atoms with van der Waals surface area (Å²) in [5.41, 5.74) is 0.255. The number of nitrogens with zero attached hydrogens (tertiary/aromatic N) is 1. The van der Waals surface area contributed by atoms with Crippen LogP contribution in [0.1, 0.15) is 11.1 Å². The van der Waals surface area contributed by atoms with Gasteiger partial charge in [0, 0.05) is 21.7 Å². The van der Waals surface area contributed by atoms with Gasteiger partial charge < -0.3 is 4.74 Å². The second kappa shape index (κ2) is 7.87. The van der Waals surface area contributed by atoms with Gasteiger partial charge in [0.1, 0.15) is 22.5 Å². The van der Waals surface area contributed by atoms with Crippen LogP contribution in [-0.4, -0.2) is 15.5 Å². The van der Waals surface area contributed by atoms with Gasteiger partial charge >= 0.3 is 0 Å². The summed E-state index contributed by atoms with van der Waals surface area (Å²) in [4.78, 5) is -0.567. The Morgan fingerprint density at radius 1 is 1.28 bits per heavy atom. The minimum absolute atomic E-state index is 0.0388. The highest BCUT2D eigenvalue weighted by Crippen LogP contribution is 2.26. The first-order valence-electron chi connectivity index (χ1n) is 6.89. The Balaban J connectivity index is 2.40. The number of nitriles is 1. The molecule has 0 aliphatic carbocycles. The van der Waals surface area contributed by atoms with E-state index in [-0.39, 0.29) is 16.3 Å². The van der Waals surface area contributed by atoms with Crippen molar-refractivity contribution >= 4 is 39.1 Å². The molecular formula is C17H12Cl2FNO3S. The Hall–Kier alpha value is -2.07. The van der Waals surface area contributed by atoms with E-state index in [4.69, 9.17) is 27.9 Å². The van der Waals surface area contributed by atoms with E-state index < -0.39 is 26.3 Å². The highest BCUT2D eigenvalue weighted by molar-refractivity contribution is 7.95. The van der Waals surface area contributed by atoms with Crippen LogP contribution in [0.4, 0.5) is 4.39 Å². The van der Waals surface area contributed by atoms with Crippen LogP contribution >= 0.6 is 23.2 Å². The lowest BCUT2D eigenvalue weighted by molar-refractivity contribution is 0.411. The van der Waals surface area contributed by atoms with Crippen LogP contribution in [-0.2, 0) is 15.6 Å². The van der Waals surface area contributed by atoms with Crippen LogP contribution in [0.5, 0.6) is 5.75 Å². The highest BCUT2D eigenvalue weighted by atomic mass is 35.5. The number of benzene rings is 2. The number of rotatable bonds is 5. The maximum atomic E-state index is 14.0. The first kappa shape index (κ1) is 19.3. The molecule has 4 nitrogen and oxygen atoms in total. The summed E-state index contributed by atoms with van der Waals surface area (Å²) in [7, 11) is -2.64. The van der Waals surface area contributed by atoms with Crippen LogP contribution in [0.15, 0.2) is 41.3 Å². The number of halogens is 3. The number of sulfone groups is 1. The molecule has 0 aliphatic rings. The summed E-state index contributed by atoms with van der Waals surface area (Å²) in [6, 6.07) is 9.87. The van der Waals surface area contributed by atoms with E-state index in [2.05, 4.69) is 0 Å². The first-order valence-corrected chi connectivity index (χ1v) is 9.29. The monoisotopic (exact) mass is 399 g/mol. The molecule has 0 radical (unpaired) electrons. The van der Waals surface area contributed by atoms with Crippen LogP contribution in [0, 0.1) is 17.1 Å². The summed E-state index contributed by atoms with van der Waals surface area (Å²) < 4.78 is 43.8. The fourth-order valence-electron chi connectivity index (χ4n) is 2.01. The Morgan fingerprint density at radius 2 is 2.00 bits per heavy atom. The van der Waals surface area contributed by atoms with Crippen LogP contribution in [0.2, 0.25) is 10.0 Å². The zero-order chi connectivity index (χ0) is 18.6. The molecule has 0 fully saturated rings. The molecule has 2 aromatic rings. The van der Waals surface area contributed by atoms with Gasteiger partial charge in [-0.1, -0.05) is 29.3 Å². The number of ether oxygens (including phenoxy) is 1. The van der Waals surface area contributed by atoms with Crippen molar-refractivity contribution in [3.63, 3.8) is 0 Å². The van der Waals surface area contributed by atoms with Crippen LogP contribution < -0.4 is 4.74 Å². The van der Waals surface area contributed by atoms with Gasteiger partial charge in [0.05, 0.1) is 12.9 Å². The van der Waals surface area contributed by atoms with Crippen molar-refractivity contribution < 1.29 is 17.5 Å². The fourth-order valence-corrected chi connectivity index (χ4v) is 3.82. The molecule has 0 N–H and O–H groups in total. The minimum Gasteiger partial charge on any atom is -0.497 e. The van der Waals surface area contributed by atoms with E-state index in [1.165, 1.54) is 37.4 Å². The lowest BCUT2D eigenvalue weighted by atomic mass is 10.2. The Bertz CT molecular complexity index is 982. The van der Waals surface area contributed by atoms with Crippen LogP contribution in [0.25, 0.3) is 6.08 Å². The minimum atomic E-state index is -4.02. The Labute approximate surface area is 155 Å². The molecule has 0 atom stereocenters. The third kappa shape index (κ3) is 4.73. The fraction of sp³-hybridized carbons (Fsp3) is 0.118. The number of methoxy groups -OCH3 is 1. The van der Waals surface area contributed by atoms with Crippen molar-refractivity contribution in [2.45, 2.75) is 5.75 Å². The summed E-state index contributed by atoms with van der Waals surface area (Å²) in [6.45, 7) is 0. The van der Waals surface area contributed by atoms with Crippen molar-refractivity contribution in [3.05, 3.63) is 68.3 Å². The molecule has 0 aliphatic heterocycles. The van der Waals surface area contributed by atoms with Gasteiger partial charge in [-0.3, -0.25) is 0 Å². The second-order valence-electron chi connectivity index (χ2n) is 5.00. The predicted octanol–water partition coefficient (Wildman–Crippen LogP) is 4.62. The predicted molar refractivity (Wildman–Crippen MR) is 95.6 cm³/mol. The maximum absolute atomic E-state index is 14.0.